The fourth-order valence-corrected chi connectivity index (χ4v) is 4.64. The van der Waals surface area contributed by atoms with Crippen molar-refractivity contribution < 1.29 is 9.13 Å². The first kappa shape index (κ1) is 23.2. The zero-order valence-electron chi connectivity index (χ0n) is 20.5. The smallest absolute Gasteiger partial charge is 0.326 e. The Morgan fingerprint density at radius 2 is 1.97 bits per heavy atom. The number of anilines is 2. The van der Waals surface area contributed by atoms with Gasteiger partial charge in [-0.05, 0) is 50.1 Å². The molecule has 2 aromatic rings. The number of halogens is 1. The minimum Gasteiger partial charge on any atom is -0.421 e. The van der Waals surface area contributed by atoms with Gasteiger partial charge < -0.3 is 19.9 Å². The standard InChI is InChI=1S/C27H31FN6O/c1-4-6-19-15-23(29-17-19)30-24-16-25(34-11-9-33(5-2)10-12-34)32-27(31-24)35-22-8-7-20-13-18(3)14-21(20)26(22)28/h4,6-8,14-16H,5,9-13,17H2,1-3H3,(H,29,30,31,32)/b6-4+. The molecule has 0 atom stereocenters. The van der Waals surface area contributed by atoms with Crippen LogP contribution in [0.2, 0.25) is 0 Å². The lowest BCUT2D eigenvalue weighted by molar-refractivity contribution is 0.270. The quantitative estimate of drug-likeness (QED) is 0.647. The number of allylic oxidation sites excluding steroid dienone is 2. The topological polar surface area (TPSA) is 65.9 Å². The summed E-state index contributed by atoms with van der Waals surface area (Å²) in [6, 6.07) is 5.59. The number of amidine groups is 1. The molecule has 182 valence electrons. The highest BCUT2D eigenvalue weighted by Gasteiger charge is 2.22. The normalized spacial score (nSPS) is 17.9. The zero-order chi connectivity index (χ0) is 24.4. The Morgan fingerprint density at radius 3 is 2.74 bits per heavy atom. The van der Waals surface area contributed by atoms with Crippen LogP contribution in [-0.2, 0) is 6.42 Å². The number of hydrogen-bond acceptors (Lipinski definition) is 7. The van der Waals surface area contributed by atoms with Crippen LogP contribution in [0, 0.1) is 5.82 Å². The maximum absolute atomic E-state index is 15.2. The highest BCUT2D eigenvalue weighted by atomic mass is 19.1. The van der Waals surface area contributed by atoms with Gasteiger partial charge in [-0.2, -0.15) is 9.97 Å². The monoisotopic (exact) mass is 474 g/mol. The fraction of sp³-hybridized carbons (Fsp3) is 0.370. The molecule has 3 heterocycles. The molecule has 1 aromatic heterocycles. The van der Waals surface area contributed by atoms with Crippen LogP contribution in [0.3, 0.4) is 0 Å². The molecule has 1 fully saturated rings. The average Bonchev–Trinajstić information content (AvgIpc) is 3.47. The number of piperazine rings is 1. The van der Waals surface area contributed by atoms with Gasteiger partial charge >= 0.3 is 6.01 Å². The Bertz CT molecular complexity index is 1240. The van der Waals surface area contributed by atoms with Gasteiger partial charge in [0.2, 0.25) is 0 Å². The lowest BCUT2D eigenvalue weighted by atomic mass is 10.1. The maximum Gasteiger partial charge on any atom is 0.326 e. The van der Waals surface area contributed by atoms with Crippen LogP contribution in [0.1, 0.15) is 31.9 Å². The summed E-state index contributed by atoms with van der Waals surface area (Å²) in [5.74, 6) is 1.80. The largest absolute Gasteiger partial charge is 0.421 e. The van der Waals surface area contributed by atoms with Crippen LogP contribution in [-0.4, -0.2) is 60.0 Å². The first-order valence-corrected chi connectivity index (χ1v) is 12.2. The molecule has 2 aliphatic heterocycles. The van der Waals surface area contributed by atoms with Crippen LogP contribution in [0.25, 0.3) is 6.08 Å². The van der Waals surface area contributed by atoms with E-state index < -0.39 is 0 Å². The van der Waals surface area contributed by atoms with Gasteiger partial charge in [-0.1, -0.05) is 36.8 Å². The molecule has 8 heteroatoms. The minimum absolute atomic E-state index is 0.108. The third kappa shape index (κ3) is 5.12. The van der Waals surface area contributed by atoms with E-state index in [-0.39, 0.29) is 17.6 Å². The van der Waals surface area contributed by atoms with Gasteiger partial charge in [0.1, 0.15) is 17.5 Å². The Hall–Kier alpha value is -3.52. The zero-order valence-corrected chi connectivity index (χ0v) is 20.5. The van der Waals surface area contributed by atoms with Gasteiger partial charge in [-0.25, -0.2) is 4.39 Å². The molecule has 0 amide bonds. The van der Waals surface area contributed by atoms with Crippen molar-refractivity contribution in [2.75, 3.05) is 49.5 Å². The number of ether oxygens (including phenoxy) is 1. The number of likely N-dealkylation sites (N-methyl/N-ethyl adjacent to an activating group) is 1. The van der Waals surface area contributed by atoms with Gasteiger partial charge in [0, 0.05) is 37.8 Å². The summed E-state index contributed by atoms with van der Waals surface area (Å²) in [7, 11) is 0. The highest BCUT2D eigenvalue weighted by molar-refractivity contribution is 6.05. The SMILES string of the molecule is C/C=C/C1=CC(Nc2cc(N3CCN(CC)CC3)nc(Oc3ccc4c(c3F)C=C(C)C4)n2)=NC1. The Morgan fingerprint density at radius 1 is 1.14 bits per heavy atom. The van der Waals surface area contributed by atoms with Crippen LogP contribution < -0.4 is 15.0 Å². The van der Waals surface area contributed by atoms with E-state index in [0.29, 0.717) is 17.9 Å². The second-order valence-corrected chi connectivity index (χ2v) is 9.08. The van der Waals surface area contributed by atoms with E-state index in [9.17, 15) is 0 Å². The molecule has 0 radical (unpaired) electrons. The van der Waals surface area contributed by atoms with E-state index in [1.165, 1.54) is 0 Å². The summed E-state index contributed by atoms with van der Waals surface area (Å²) < 4.78 is 21.2. The average molecular weight is 475 g/mol. The molecule has 3 aliphatic rings. The number of fused-ring (bicyclic) bond motifs is 1. The Balaban J connectivity index is 1.44. The molecule has 1 aromatic carbocycles. The summed E-state index contributed by atoms with van der Waals surface area (Å²) >= 11 is 0. The molecule has 0 spiro atoms. The van der Waals surface area contributed by atoms with Gasteiger partial charge in [-0.15, -0.1) is 0 Å². The number of benzene rings is 1. The van der Waals surface area contributed by atoms with E-state index in [1.54, 1.807) is 6.07 Å². The molecule has 0 saturated carbocycles. The summed E-state index contributed by atoms with van der Waals surface area (Å²) in [6.45, 7) is 11.5. The van der Waals surface area contributed by atoms with Gasteiger partial charge in [-0.3, -0.25) is 4.99 Å². The van der Waals surface area contributed by atoms with E-state index in [4.69, 9.17) is 4.74 Å². The van der Waals surface area contributed by atoms with Crippen LogP contribution >= 0.6 is 0 Å². The minimum atomic E-state index is -0.376. The van der Waals surface area contributed by atoms with E-state index in [0.717, 1.165) is 67.5 Å². The third-order valence-corrected chi connectivity index (χ3v) is 6.52. The molecule has 0 bridgehead atoms. The maximum atomic E-state index is 15.2. The van der Waals surface area contributed by atoms with Crippen molar-refractivity contribution in [1.82, 2.24) is 14.9 Å². The van der Waals surface area contributed by atoms with Crippen LogP contribution in [0.5, 0.6) is 11.8 Å². The number of aromatic nitrogens is 2. The van der Waals surface area contributed by atoms with Crippen LogP contribution in [0.15, 0.2) is 52.6 Å². The molecule has 0 unspecified atom stereocenters. The van der Waals surface area contributed by atoms with Gasteiger partial charge in [0.05, 0.1) is 6.54 Å². The summed E-state index contributed by atoms with van der Waals surface area (Å²) in [5.41, 5.74) is 3.82. The lowest BCUT2D eigenvalue weighted by Gasteiger charge is -2.34. The summed E-state index contributed by atoms with van der Waals surface area (Å²) in [4.78, 5) is 18.4. The molecule has 1 saturated heterocycles. The van der Waals surface area contributed by atoms with Crippen molar-refractivity contribution >= 4 is 23.5 Å². The molecular formula is C27H31FN6O. The number of hydrogen-bond donors (Lipinski definition) is 1. The predicted octanol–water partition coefficient (Wildman–Crippen LogP) is 4.84. The molecule has 7 nitrogen and oxygen atoms in total. The highest BCUT2D eigenvalue weighted by Crippen LogP contribution is 2.34. The van der Waals surface area contributed by atoms with Crippen molar-refractivity contribution in [2.24, 2.45) is 4.99 Å². The molecule has 5 rings (SSSR count). The molecule has 1 N–H and O–H groups in total. The second-order valence-electron chi connectivity index (χ2n) is 9.08. The lowest BCUT2D eigenvalue weighted by Crippen LogP contribution is -2.46. The third-order valence-electron chi connectivity index (χ3n) is 6.52. The molecule has 35 heavy (non-hydrogen) atoms. The number of nitrogens with zero attached hydrogens (tertiary/aromatic N) is 5. The van der Waals surface area contributed by atoms with Crippen molar-refractivity contribution in [3.05, 3.63) is 64.5 Å². The number of nitrogens with one attached hydrogen (secondary N) is 1. The van der Waals surface area contributed by atoms with Gasteiger partial charge in [0.15, 0.2) is 11.6 Å². The van der Waals surface area contributed by atoms with Crippen molar-refractivity contribution in [3.63, 3.8) is 0 Å². The van der Waals surface area contributed by atoms with Crippen molar-refractivity contribution in [1.29, 1.82) is 0 Å². The summed E-state index contributed by atoms with van der Waals surface area (Å²) in [6.07, 6.45) is 8.68. The van der Waals surface area contributed by atoms with Crippen molar-refractivity contribution in [3.8, 4) is 11.8 Å². The molecule has 1 aliphatic carbocycles. The van der Waals surface area contributed by atoms with Crippen LogP contribution in [0.4, 0.5) is 16.0 Å². The van der Waals surface area contributed by atoms with E-state index >= 15 is 4.39 Å². The number of rotatable bonds is 6. The first-order valence-electron chi connectivity index (χ1n) is 12.2. The van der Waals surface area contributed by atoms with E-state index in [1.807, 2.05) is 50.3 Å². The first-order chi connectivity index (χ1) is 17.0. The van der Waals surface area contributed by atoms with Crippen molar-refractivity contribution in [2.45, 2.75) is 27.2 Å². The number of aliphatic imine (C=N–C) groups is 1. The van der Waals surface area contributed by atoms with Gasteiger partial charge in [0.25, 0.3) is 0 Å². The molecular weight excluding hydrogens is 443 g/mol. The summed E-state index contributed by atoms with van der Waals surface area (Å²) in [5, 5.41) is 3.29. The van der Waals surface area contributed by atoms with E-state index in [2.05, 4.69) is 37.0 Å². The Labute approximate surface area is 205 Å². The fourth-order valence-electron chi connectivity index (χ4n) is 4.64. The second kappa shape index (κ2) is 10.00. The predicted molar refractivity (Wildman–Crippen MR) is 139 cm³/mol. The Kier molecular flexibility index (Phi) is 6.63.